The Kier molecular flexibility index (Phi) is 11.0. The lowest BCUT2D eigenvalue weighted by Gasteiger charge is -2.30. The molecule has 9 heterocycles. The van der Waals surface area contributed by atoms with E-state index in [1.54, 1.807) is 12.1 Å². The zero-order valence-electron chi connectivity index (χ0n) is 36.2. The van der Waals surface area contributed by atoms with Crippen LogP contribution in [0.5, 0.6) is 34.5 Å². The average molecular weight is 849 g/mol. The quantitative estimate of drug-likeness (QED) is 0.137. The molecule has 9 aliphatic heterocycles. The van der Waals surface area contributed by atoms with Gasteiger partial charge in [-0.25, -0.2) is 9.59 Å². The summed E-state index contributed by atoms with van der Waals surface area (Å²) in [5, 5.41) is 3.38. The summed E-state index contributed by atoms with van der Waals surface area (Å²) >= 11 is 0. The van der Waals surface area contributed by atoms with Crippen LogP contribution in [0.15, 0.2) is 78.9 Å². The van der Waals surface area contributed by atoms with Crippen LogP contribution in [0.4, 0.5) is 0 Å². The summed E-state index contributed by atoms with van der Waals surface area (Å²) in [7, 11) is 0. The number of carbonyl (C=O) groups is 2. The predicted octanol–water partition coefficient (Wildman–Crippen LogP) is 11.8. The number of carbonyl (C=O) groups excluding carboxylic acids is 2. The number of ether oxygens (including phenoxy) is 8. The number of hydrogen-bond donors (Lipinski definition) is 0. The Morgan fingerprint density at radius 1 is 0.381 bits per heavy atom. The monoisotopic (exact) mass is 848 g/mol. The molecule has 0 saturated carbocycles. The van der Waals surface area contributed by atoms with Crippen LogP contribution in [-0.4, -0.2) is 25.2 Å². The molecule has 0 aromatic heterocycles. The molecule has 10 heteroatoms. The van der Waals surface area contributed by atoms with Gasteiger partial charge in [-0.1, -0.05) is 77.1 Å². The molecule has 0 amide bonds. The maximum atomic E-state index is 13.6. The molecule has 0 spiro atoms. The van der Waals surface area contributed by atoms with Crippen molar-refractivity contribution in [2.24, 2.45) is 0 Å². The van der Waals surface area contributed by atoms with Gasteiger partial charge in [0.2, 0.25) is 0 Å². The first kappa shape index (κ1) is 40.6. The van der Waals surface area contributed by atoms with E-state index in [-0.39, 0.29) is 45.1 Å². The molecule has 0 N–H and O–H groups in total. The van der Waals surface area contributed by atoms with E-state index in [2.05, 4.69) is 20.8 Å². The summed E-state index contributed by atoms with van der Waals surface area (Å²) in [5.74, 6) is 2.78. The van der Waals surface area contributed by atoms with E-state index in [0.717, 1.165) is 99.0 Å². The Hall–Kier alpha value is -6.42. The molecule has 6 aromatic carbocycles. The third-order valence-electron chi connectivity index (χ3n) is 12.5. The maximum Gasteiger partial charge on any atom is 0.338 e. The van der Waals surface area contributed by atoms with Crippen molar-refractivity contribution in [3.8, 4) is 34.5 Å². The largest absolute Gasteiger partial charge is 0.493 e. The Morgan fingerprint density at radius 2 is 0.762 bits per heavy atom. The van der Waals surface area contributed by atoms with Crippen molar-refractivity contribution < 1.29 is 47.5 Å². The van der Waals surface area contributed by atoms with Crippen molar-refractivity contribution in [3.05, 3.63) is 129 Å². The summed E-state index contributed by atoms with van der Waals surface area (Å²) in [4.78, 5) is 27.3. The second kappa shape index (κ2) is 17.0. The molecule has 9 aliphatic rings. The zero-order valence-corrected chi connectivity index (χ0v) is 36.2. The van der Waals surface area contributed by atoms with E-state index in [1.807, 2.05) is 66.7 Å². The highest BCUT2D eigenvalue weighted by molar-refractivity contribution is 5.97. The minimum Gasteiger partial charge on any atom is -0.493 e. The van der Waals surface area contributed by atoms with Gasteiger partial charge in [0.05, 0.1) is 24.3 Å². The van der Waals surface area contributed by atoms with Crippen molar-refractivity contribution in [2.45, 2.75) is 111 Å². The Morgan fingerprint density at radius 3 is 1.16 bits per heavy atom. The van der Waals surface area contributed by atoms with Crippen molar-refractivity contribution in [1.82, 2.24) is 0 Å². The SMILES string of the molecule is CC(C)(C)c1cc2cc(c1)COC(=O)c1ccc3cc4c(cc3c1)OCc1c(c3c5c(c1OCCCCCCCCCO3)COc1cc3ccc(cc3cc1OC5)C(=O)OC2)CO4. The van der Waals surface area contributed by atoms with Gasteiger partial charge in [-0.05, 0) is 111 Å². The lowest BCUT2D eigenvalue weighted by molar-refractivity contribution is 0.0471. The number of hydrogen-bond acceptors (Lipinski definition) is 10. The highest BCUT2D eigenvalue weighted by Crippen LogP contribution is 2.47. The van der Waals surface area contributed by atoms with Crippen LogP contribution in [0.1, 0.15) is 125 Å². The maximum absolute atomic E-state index is 13.6. The van der Waals surface area contributed by atoms with Crippen molar-refractivity contribution in [3.63, 3.8) is 0 Å². The summed E-state index contributed by atoms with van der Waals surface area (Å²) in [6.45, 7) is 8.33. The molecule has 0 radical (unpaired) electrons. The number of esters is 2. The molecule has 0 fully saturated rings. The summed E-state index contributed by atoms with van der Waals surface area (Å²) < 4.78 is 52.1. The van der Waals surface area contributed by atoms with Gasteiger partial charge < -0.3 is 37.9 Å². The van der Waals surface area contributed by atoms with Crippen molar-refractivity contribution in [2.75, 3.05) is 13.2 Å². The molecule has 324 valence electrons. The average Bonchev–Trinajstić information content (AvgIpc) is 3.27. The van der Waals surface area contributed by atoms with E-state index in [4.69, 9.17) is 37.9 Å². The molecule has 0 aliphatic carbocycles. The number of benzene rings is 6. The van der Waals surface area contributed by atoms with Crippen molar-refractivity contribution >= 4 is 33.5 Å². The van der Waals surface area contributed by atoms with Crippen LogP contribution < -0.4 is 28.4 Å². The minimum atomic E-state index is -0.454. The number of fused-ring (bicyclic) bond motifs is 2. The van der Waals surface area contributed by atoms with Gasteiger partial charge in [-0.15, -0.1) is 0 Å². The van der Waals surface area contributed by atoms with Gasteiger partial charge >= 0.3 is 11.9 Å². The van der Waals surface area contributed by atoms with E-state index in [9.17, 15) is 9.59 Å². The second-order valence-electron chi connectivity index (χ2n) is 18.1. The predicted molar refractivity (Wildman–Crippen MR) is 238 cm³/mol. The van der Waals surface area contributed by atoms with Crippen LogP contribution in [0.2, 0.25) is 0 Å². The fourth-order valence-corrected chi connectivity index (χ4v) is 8.95. The van der Waals surface area contributed by atoms with E-state index >= 15 is 0 Å². The van der Waals surface area contributed by atoms with Gasteiger partial charge in [0.15, 0.2) is 23.0 Å². The molecule has 63 heavy (non-hydrogen) atoms. The number of rotatable bonds is 0. The zero-order chi connectivity index (χ0) is 43.1. The smallest absolute Gasteiger partial charge is 0.338 e. The third-order valence-corrected chi connectivity index (χ3v) is 12.5. The Balaban J connectivity index is 1.10. The molecule has 18 bridgehead atoms. The summed E-state index contributed by atoms with van der Waals surface area (Å²) in [6.07, 6.45) is 7.53. The molecule has 0 unspecified atom stereocenters. The molecule has 0 atom stereocenters. The topological polar surface area (TPSA) is 108 Å². The van der Waals surface area contributed by atoms with Gasteiger partial charge in [0, 0.05) is 22.3 Å². The van der Waals surface area contributed by atoms with Crippen molar-refractivity contribution in [1.29, 1.82) is 0 Å². The van der Waals surface area contributed by atoms with E-state index in [1.165, 1.54) is 6.42 Å². The van der Waals surface area contributed by atoms with Crippen LogP contribution in [0.25, 0.3) is 21.5 Å². The first-order valence-corrected chi connectivity index (χ1v) is 22.2. The van der Waals surface area contributed by atoms with Crippen LogP contribution in [0, 0.1) is 0 Å². The summed E-state index contributed by atoms with van der Waals surface area (Å²) in [5.41, 5.74) is 6.64. The van der Waals surface area contributed by atoms with Gasteiger partial charge in [0.25, 0.3) is 0 Å². The lowest BCUT2D eigenvalue weighted by atomic mass is 9.85. The fraction of sp³-hybridized carbons (Fsp3) is 0.358. The normalized spacial score (nSPS) is 16.9. The van der Waals surface area contributed by atoms with Crippen LogP contribution in [0.3, 0.4) is 0 Å². The summed E-state index contributed by atoms with van der Waals surface area (Å²) in [6, 6.07) is 24.7. The van der Waals surface area contributed by atoms with Crippen LogP contribution >= 0.6 is 0 Å². The molecule has 10 nitrogen and oxygen atoms in total. The standard InChI is InChI=1S/C53H52O10/c1-53(2,3)40-18-32-17-33(19-40)27-63-52(55)37-13-11-34-22-45-48(25-39(34)21-37)61-31-44-41(28-58-45)49-43-30-60-47-24-38-20-36(51(54)62-26-32)14-12-35(38)23-46(47)59-29-42(43)50(44)57-16-10-8-6-4-5-7-9-15-56-49/h11-14,17-25H,4-10,15-16,26-31H2,1-3H3. The molecular formula is C53H52O10. The highest BCUT2D eigenvalue weighted by atomic mass is 16.5. The highest BCUT2D eigenvalue weighted by Gasteiger charge is 2.31. The van der Waals surface area contributed by atoms with E-state index < -0.39 is 11.9 Å². The Bertz CT molecular complexity index is 2590. The second-order valence-corrected chi connectivity index (χ2v) is 18.1. The molecule has 0 saturated heterocycles. The van der Waals surface area contributed by atoms with E-state index in [0.29, 0.717) is 58.8 Å². The van der Waals surface area contributed by atoms with Gasteiger partial charge in [0.1, 0.15) is 51.1 Å². The van der Waals surface area contributed by atoms with Gasteiger partial charge in [-0.3, -0.25) is 0 Å². The lowest BCUT2D eigenvalue weighted by Crippen LogP contribution is -2.20. The van der Waals surface area contributed by atoms with Crippen LogP contribution in [-0.2, 0) is 54.5 Å². The molecule has 6 aromatic rings. The molecule has 15 rings (SSSR count). The third kappa shape index (κ3) is 8.43. The van der Waals surface area contributed by atoms with Gasteiger partial charge in [-0.2, -0.15) is 0 Å². The Labute approximate surface area is 367 Å². The minimum absolute atomic E-state index is 0.0445. The first-order valence-electron chi connectivity index (χ1n) is 22.2. The fourth-order valence-electron chi connectivity index (χ4n) is 8.95. The molecular weight excluding hydrogens is 797 g/mol. The first-order chi connectivity index (χ1) is 30.6.